The summed E-state index contributed by atoms with van der Waals surface area (Å²) in [4.78, 5) is 15.8. The molecule has 0 atom stereocenters. The van der Waals surface area contributed by atoms with Crippen molar-refractivity contribution in [2.24, 2.45) is 7.05 Å². The fourth-order valence-electron chi connectivity index (χ4n) is 2.23. The van der Waals surface area contributed by atoms with E-state index in [1.54, 1.807) is 35.1 Å². The SMILES string of the molecule is Cc1c(-c2cc(C(=O)[O-])c3ccccc3n2)cnn1C. The van der Waals surface area contributed by atoms with Gasteiger partial charge in [0, 0.05) is 29.3 Å². The maximum absolute atomic E-state index is 11.3. The molecule has 0 radical (unpaired) electrons. The molecule has 0 N–H and O–H groups in total. The molecule has 3 aromatic rings. The number of benzene rings is 1. The van der Waals surface area contributed by atoms with Crippen LogP contribution in [0.4, 0.5) is 0 Å². The first-order chi connectivity index (χ1) is 9.58. The van der Waals surface area contributed by atoms with Crippen molar-refractivity contribution in [2.45, 2.75) is 6.92 Å². The second kappa shape index (κ2) is 4.45. The molecule has 0 aliphatic carbocycles. The Hall–Kier alpha value is -2.69. The summed E-state index contributed by atoms with van der Waals surface area (Å²) in [5.74, 6) is -1.20. The Morgan fingerprint density at radius 3 is 2.70 bits per heavy atom. The van der Waals surface area contributed by atoms with Crippen LogP contribution in [0.5, 0.6) is 0 Å². The van der Waals surface area contributed by atoms with E-state index < -0.39 is 5.97 Å². The molecule has 3 rings (SSSR count). The Labute approximate surface area is 115 Å². The monoisotopic (exact) mass is 266 g/mol. The zero-order chi connectivity index (χ0) is 14.3. The van der Waals surface area contributed by atoms with E-state index in [1.165, 1.54) is 0 Å². The number of hydrogen-bond acceptors (Lipinski definition) is 4. The van der Waals surface area contributed by atoms with Gasteiger partial charge in [-0.05, 0) is 19.1 Å². The van der Waals surface area contributed by atoms with E-state index in [9.17, 15) is 9.90 Å². The highest BCUT2D eigenvalue weighted by Gasteiger charge is 2.12. The van der Waals surface area contributed by atoms with E-state index in [0.29, 0.717) is 16.6 Å². The van der Waals surface area contributed by atoms with Crippen molar-refractivity contribution in [2.75, 3.05) is 0 Å². The number of nitrogens with zero attached hydrogens (tertiary/aromatic N) is 3. The maximum Gasteiger partial charge on any atom is 0.0750 e. The number of fused-ring (bicyclic) bond motifs is 1. The minimum Gasteiger partial charge on any atom is -0.545 e. The summed E-state index contributed by atoms with van der Waals surface area (Å²) in [6.45, 7) is 1.91. The highest BCUT2D eigenvalue weighted by Crippen LogP contribution is 2.26. The van der Waals surface area contributed by atoms with Gasteiger partial charge in [0.15, 0.2) is 0 Å². The van der Waals surface area contributed by atoms with Crippen molar-refractivity contribution in [3.63, 3.8) is 0 Å². The van der Waals surface area contributed by atoms with E-state index in [2.05, 4.69) is 10.1 Å². The molecule has 0 saturated carbocycles. The molecular formula is C15H12N3O2-. The van der Waals surface area contributed by atoms with Gasteiger partial charge in [-0.3, -0.25) is 4.68 Å². The van der Waals surface area contributed by atoms with Gasteiger partial charge in [-0.25, -0.2) is 4.98 Å². The van der Waals surface area contributed by atoms with E-state index in [4.69, 9.17) is 0 Å². The van der Waals surface area contributed by atoms with Gasteiger partial charge in [-0.15, -0.1) is 0 Å². The Morgan fingerprint density at radius 2 is 2.05 bits per heavy atom. The largest absolute Gasteiger partial charge is 0.545 e. The number of hydrogen-bond donors (Lipinski definition) is 0. The highest BCUT2D eigenvalue weighted by atomic mass is 16.4. The van der Waals surface area contributed by atoms with Crippen LogP contribution >= 0.6 is 0 Å². The second-order valence-corrected chi connectivity index (χ2v) is 4.63. The van der Waals surface area contributed by atoms with E-state index in [0.717, 1.165) is 11.3 Å². The molecular weight excluding hydrogens is 254 g/mol. The molecule has 5 heteroatoms. The van der Waals surface area contributed by atoms with Crippen LogP contribution in [0.25, 0.3) is 22.2 Å². The normalized spacial score (nSPS) is 10.9. The number of carbonyl (C=O) groups is 1. The molecule has 1 aromatic carbocycles. The maximum atomic E-state index is 11.3. The van der Waals surface area contributed by atoms with Crippen LogP contribution in [0.2, 0.25) is 0 Å². The zero-order valence-corrected chi connectivity index (χ0v) is 11.1. The standard InChI is InChI=1S/C15H13N3O2/c1-9-12(8-16-18(9)2)14-7-11(15(19)20)10-5-3-4-6-13(10)17-14/h3-8H,1-2H3,(H,19,20)/p-1. The van der Waals surface area contributed by atoms with Crippen LogP contribution in [0.1, 0.15) is 16.1 Å². The highest BCUT2D eigenvalue weighted by molar-refractivity contribution is 6.02. The minimum absolute atomic E-state index is 0.147. The van der Waals surface area contributed by atoms with Gasteiger partial charge in [0.2, 0.25) is 0 Å². The number of aromatic carboxylic acids is 1. The predicted octanol–water partition coefficient (Wildman–Crippen LogP) is 1.31. The van der Waals surface area contributed by atoms with E-state index in [1.807, 2.05) is 20.0 Å². The van der Waals surface area contributed by atoms with Crippen LogP contribution in [0, 0.1) is 6.92 Å². The number of para-hydroxylation sites is 1. The van der Waals surface area contributed by atoms with Crippen LogP contribution < -0.4 is 5.11 Å². The third kappa shape index (κ3) is 1.84. The van der Waals surface area contributed by atoms with E-state index in [-0.39, 0.29) is 5.56 Å². The van der Waals surface area contributed by atoms with Crippen LogP contribution in [0.15, 0.2) is 36.5 Å². The molecule has 20 heavy (non-hydrogen) atoms. The molecule has 0 fully saturated rings. The molecule has 5 nitrogen and oxygen atoms in total. The Kier molecular flexibility index (Phi) is 2.75. The van der Waals surface area contributed by atoms with Crippen molar-refractivity contribution < 1.29 is 9.90 Å². The summed E-state index contributed by atoms with van der Waals surface area (Å²) in [6.07, 6.45) is 1.69. The number of rotatable bonds is 2. The van der Waals surface area contributed by atoms with Crippen LogP contribution in [0.3, 0.4) is 0 Å². The Bertz CT molecular complexity index is 821. The number of aromatic nitrogens is 3. The number of carbonyl (C=O) groups excluding carboxylic acids is 1. The van der Waals surface area contributed by atoms with Crippen molar-refractivity contribution in [3.8, 4) is 11.3 Å². The lowest BCUT2D eigenvalue weighted by atomic mass is 10.0. The fourth-order valence-corrected chi connectivity index (χ4v) is 2.23. The summed E-state index contributed by atoms with van der Waals surface area (Å²) in [6, 6.07) is 8.67. The van der Waals surface area contributed by atoms with E-state index >= 15 is 0 Å². The molecule has 0 aliphatic heterocycles. The van der Waals surface area contributed by atoms with Crippen molar-refractivity contribution in [3.05, 3.63) is 47.8 Å². The lowest BCUT2D eigenvalue weighted by molar-refractivity contribution is -0.254. The van der Waals surface area contributed by atoms with Gasteiger partial charge in [0.1, 0.15) is 0 Å². The second-order valence-electron chi connectivity index (χ2n) is 4.63. The third-order valence-electron chi connectivity index (χ3n) is 3.45. The first kappa shape index (κ1) is 12.3. The Balaban J connectivity index is 2.33. The van der Waals surface area contributed by atoms with Crippen molar-refractivity contribution in [1.82, 2.24) is 14.8 Å². The fraction of sp³-hybridized carbons (Fsp3) is 0.133. The molecule has 0 saturated heterocycles. The van der Waals surface area contributed by atoms with Crippen molar-refractivity contribution >= 4 is 16.9 Å². The van der Waals surface area contributed by atoms with Gasteiger partial charge >= 0.3 is 0 Å². The lowest BCUT2D eigenvalue weighted by Gasteiger charge is -2.10. The quantitative estimate of drug-likeness (QED) is 0.701. The minimum atomic E-state index is -1.20. The van der Waals surface area contributed by atoms with Gasteiger partial charge in [-0.1, -0.05) is 18.2 Å². The number of carboxylic acid groups (broad SMARTS) is 1. The first-order valence-corrected chi connectivity index (χ1v) is 6.18. The van der Waals surface area contributed by atoms with Gasteiger partial charge in [-0.2, -0.15) is 5.10 Å². The molecule has 0 aliphatic rings. The van der Waals surface area contributed by atoms with Gasteiger partial charge < -0.3 is 9.90 Å². The van der Waals surface area contributed by atoms with Gasteiger partial charge in [0.25, 0.3) is 0 Å². The molecule has 0 bridgehead atoms. The summed E-state index contributed by atoms with van der Waals surface area (Å²) < 4.78 is 1.73. The molecule has 100 valence electrons. The van der Waals surface area contributed by atoms with Gasteiger partial charge in [0.05, 0.1) is 23.4 Å². The van der Waals surface area contributed by atoms with Crippen LogP contribution in [-0.4, -0.2) is 20.7 Å². The predicted molar refractivity (Wildman–Crippen MR) is 73.0 cm³/mol. The summed E-state index contributed by atoms with van der Waals surface area (Å²) in [5, 5.41) is 16.1. The third-order valence-corrected chi connectivity index (χ3v) is 3.45. The number of pyridine rings is 1. The number of carboxylic acids is 1. The van der Waals surface area contributed by atoms with Crippen molar-refractivity contribution in [1.29, 1.82) is 0 Å². The van der Waals surface area contributed by atoms with Crippen LogP contribution in [-0.2, 0) is 7.05 Å². The first-order valence-electron chi connectivity index (χ1n) is 6.18. The Morgan fingerprint density at radius 1 is 1.30 bits per heavy atom. The summed E-state index contributed by atoms with van der Waals surface area (Å²) >= 11 is 0. The smallest absolute Gasteiger partial charge is 0.0750 e. The topological polar surface area (TPSA) is 70.8 Å². The summed E-state index contributed by atoms with van der Waals surface area (Å²) in [7, 11) is 1.83. The molecule has 0 spiro atoms. The molecule has 2 aromatic heterocycles. The zero-order valence-electron chi connectivity index (χ0n) is 11.1. The molecule has 0 unspecified atom stereocenters. The average molecular weight is 266 g/mol. The lowest BCUT2D eigenvalue weighted by Crippen LogP contribution is -2.22. The summed E-state index contributed by atoms with van der Waals surface area (Å²) in [5.41, 5.74) is 3.12. The molecule has 2 heterocycles. The molecule has 0 amide bonds. The number of aryl methyl sites for hydroxylation is 1. The average Bonchev–Trinajstić information content (AvgIpc) is 2.77.